The second-order valence-electron chi connectivity index (χ2n) is 5.95. The minimum absolute atomic E-state index is 0.950. The number of rotatable bonds is 6. The minimum Gasteiger partial charge on any atom is -0.496 e. The second-order valence-corrected chi connectivity index (χ2v) is 13.8. The summed E-state index contributed by atoms with van der Waals surface area (Å²) in [5, 5.41) is 0. The lowest BCUT2D eigenvalue weighted by molar-refractivity contribution is 0.310. The fraction of sp³-hybridized carbons (Fsp3) is 0.571. The van der Waals surface area contributed by atoms with Gasteiger partial charge in [0.25, 0.3) is 0 Å². The van der Waals surface area contributed by atoms with Crippen LogP contribution in [-0.2, 0) is 14.6 Å². The highest BCUT2D eigenvalue weighted by molar-refractivity contribution is 6.81. The van der Waals surface area contributed by atoms with E-state index >= 15 is 0 Å². The van der Waals surface area contributed by atoms with Gasteiger partial charge in [0, 0.05) is 7.11 Å². The Hall–Kier alpha value is -0.626. The molecule has 0 saturated carbocycles. The van der Waals surface area contributed by atoms with Crippen molar-refractivity contribution >= 4 is 16.9 Å². The first-order chi connectivity index (χ1) is 8.69. The van der Waals surface area contributed by atoms with Crippen molar-refractivity contribution in [2.75, 3.05) is 14.2 Å². The van der Waals surface area contributed by atoms with Gasteiger partial charge in [-0.25, -0.2) is 0 Å². The van der Waals surface area contributed by atoms with Gasteiger partial charge in [-0.15, -0.1) is 0 Å². The maximum Gasteiger partial charge on any atom is 0.321 e. The molecule has 5 heteroatoms. The zero-order valence-corrected chi connectivity index (χ0v) is 15.2. The van der Waals surface area contributed by atoms with Crippen molar-refractivity contribution < 1.29 is 13.3 Å². The van der Waals surface area contributed by atoms with Crippen LogP contribution in [0.2, 0.25) is 26.2 Å². The molecule has 0 fully saturated rings. The van der Waals surface area contributed by atoms with E-state index in [1.54, 1.807) is 14.2 Å². The van der Waals surface area contributed by atoms with Crippen LogP contribution in [0.5, 0.6) is 5.75 Å². The Morgan fingerprint density at radius 1 is 1.05 bits per heavy atom. The molecule has 0 N–H and O–H groups in total. The van der Waals surface area contributed by atoms with Crippen LogP contribution in [-0.4, -0.2) is 31.1 Å². The first-order valence-corrected chi connectivity index (χ1v) is 12.5. The molecule has 1 aromatic carbocycles. The van der Waals surface area contributed by atoms with Gasteiger partial charge in [0.15, 0.2) is 8.32 Å². The smallest absolute Gasteiger partial charge is 0.321 e. The van der Waals surface area contributed by atoms with Crippen molar-refractivity contribution in [3.63, 3.8) is 0 Å². The Labute approximate surface area is 119 Å². The zero-order valence-electron chi connectivity index (χ0n) is 13.2. The maximum absolute atomic E-state index is 6.30. The third-order valence-electron chi connectivity index (χ3n) is 3.12. The predicted molar refractivity (Wildman–Crippen MR) is 84.5 cm³/mol. The second kappa shape index (κ2) is 6.22. The molecule has 0 aliphatic rings. The summed E-state index contributed by atoms with van der Waals surface area (Å²) in [7, 11) is -0.285. The molecule has 1 aromatic rings. The Kier molecular flexibility index (Phi) is 5.37. The molecule has 0 aliphatic carbocycles. The molecule has 3 nitrogen and oxygen atoms in total. The summed E-state index contributed by atoms with van der Waals surface area (Å²) in [5.41, 5.74) is 2.44. The molecular formula is C14H26O3Si2. The molecule has 0 aliphatic heterocycles. The quantitative estimate of drug-likeness (QED) is 0.750. The van der Waals surface area contributed by atoms with Crippen LogP contribution < -0.4 is 4.74 Å². The van der Waals surface area contributed by atoms with Gasteiger partial charge in [-0.3, -0.25) is 0 Å². The van der Waals surface area contributed by atoms with Gasteiger partial charge >= 0.3 is 8.56 Å². The summed E-state index contributed by atoms with van der Waals surface area (Å²) < 4.78 is 17.2. The van der Waals surface area contributed by atoms with E-state index in [2.05, 4.69) is 51.3 Å². The van der Waals surface area contributed by atoms with Gasteiger partial charge in [-0.1, -0.05) is 12.1 Å². The van der Waals surface area contributed by atoms with Crippen LogP contribution in [0.15, 0.2) is 18.2 Å². The molecule has 1 rings (SSSR count). The highest BCUT2D eigenvalue weighted by Gasteiger charge is 2.34. The lowest BCUT2D eigenvalue weighted by atomic mass is 10.1. The normalized spacial score (nSPS) is 12.6. The standard InChI is InChI=1S/C14H26O3Si2/c1-12-8-9-13(10-14(12)15-2)11-18(4,5)17-19(6,7)16-3/h8-10H,11H2,1-7H3. The fourth-order valence-electron chi connectivity index (χ4n) is 2.21. The third-order valence-corrected chi connectivity index (χ3v) is 9.54. The molecule has 0 bridgehead atoms. The van der Waals surface area contributed by atoms with Crippen LogP contribution in [0.3, 0.4) is 0 Å². The van der Waals surface area contributed by atoms with Crippen molar-refractivity contribution in [1.82, 2.24) is 0 Å². The van der Waals surface area contributed by atoms with Gasteiger partial charge in [-0.2, -0.15) is 0 Å². The molecule has 19 heavy (non-hydrogen) atoms. The summed E-state index contributed by atoms with van der Waals surface area (Å²) in [4.78, 5) is 0. The van der Waals surface area contributed by atoms with Crippen molar-refractivity contribution in [3.8, 4) is 5.75 Å². The first kappa shape index (κ1) is 16.4. The summed E-state index contributed by atoms with van der Waals surface area (Å²) in [6.45, 7) is 10.7. The van der Waals surface area contributed by atoms with Gasteiger partial charge < -0.3 is 13.3 Å². The molecule has 0 heterocycles. The Morgan fingerprint density at radius 3 is 2.21 bits per heavy atom. The largest absolute Gasteiger partial charge is 0.496 e. The van der Waals surface area contributed by atoms with Crippen LogP contribution >= 0.6 is 0 Å². The van der Waals surface area contributed by atoms with Gasteiger partial charge in [-0.05, 0) is 56.3 Å². The van der Waals surface area contributed by atoms with E-state index in [4.69, 9.17) is 13.3 Å². The number of hydrogen-bond acceptors (Lipinski definition) is 3. The van der Waals surface area contributed by atoms with Crippen LogP contribution in [0.1, 0.15) is 11.1 Å². The maximum atomic E-state index is 6.30. The number of aryl methyl sites for hydroxylation is 1. The van der Waals surface area contributed by atoms with Gasteiger partial charge in [0.1, 0.15) is 5.75 Å². The lowest BCUT2D eigenvalue weighted by Crippen LogP contribution is -2.47. The van der Waals surface area contributed by atoms with Gasteiger partial charge in [0.05, 0.1) is 7.11 Å². The van der Waals surface area contributed by atoms with Crippen molar-refractivity contribution in [3.05, 3.63) is 29.3 Å². The van der Waals surface area contributed by atoms with E-state index in [0.29, 0.717) is 0 Å². The molecule has 0 radical (unpaired) electrons. The summed E-state index contributed by atoms with van der Waals surface area (Å²) in [6, 6.07) is 7.37. The summed E-state index contributed by atoms with van der Waals surface area (Å²) >= 11 is 0. The highest BCUT2D eigenvalue weighted by atomic mass is 28.4. The van der Waals surface area contributed by atoms with Crippen LogP contribution in [0, 0.1) is 6.92 Å². The summed E-state index contributed by atoms with van der Waals surface area (Å²) in [5.74, 6) is 0.950. The Morgan fingerprint density at radius 2 is 1.68 bits per heavy atom. The van der Waals surface area contributed by atoms with Crippen molar-refractivity contribution in [2.45, 2.75) is 39.2 Å². The van der Waals surface area contributed by atoms with E-state index in [0.717, 1.165) is 11.8 Å². The number of ether oxygens (including phenoxy) is 1. The van der Waals surface area contributed by atoms with Crippen LogP contribution in [0.25, 0.3) is 0 Å². The first-order valence-electron chi connectivity index (χ1n) is 6.58. The topological polar surface area (TPSA) is 27.7 Å². The van der Waals surface area contributed by atoms with Crippen LogP contribution in [0.4, 0.5) is 0 Å². The highest BCUT2D eigenvalue weighted by Crippen LogP contribution is 2.24. The van der Waals surface area contributed by atoms with Crippen molar-refractivity contribution in [1.29, 1.82) is 0 Å². The third kappa shape index (κ3) is 5.10. The van der Waals surface area contributed by atoms with E-state index < -0.39 is 16.9 Å². The molecular weight excluding hydrogens is 272 g/mol. The average Bonchev–Trinajstić information content (AvgIpc) is 2.30. The summed E-state index contributed by atoms with van der Waals surface area (Å²) in [6.07, 6.45) is 0. The minimum atomic E-state index is -1.97. The van der Waals surface area contributed by atoms with E-state index in [-0.39, 0.29) is 0 Å². The van der Waals surface area contributed by atoms with Gasteiger partial charge in [0.2, 0.25) is 0 Å². The molecule has 0 amide bonds. The Balaban J connectivity index is 2.83. The number of methoxy groups -OCH3 is 1. The molecule has 108 valence electrons. The Bertz CT molecular complexity index is 431. The molecule has 0 atom stereocenters. The van der Waals surface area contributed by atoms with E-state index in [1.165, 1.54) is 11.1 Å². The molecule has 0 spiro atoms. The zero-order chi connectivity index (χ0) is 14.7. The SMILES string of the molecule is COc1cc(C[Si](C)(C)O[Si](C)(C)OC)ccc1C. The predicted octanol–water partition coefficient (Wildman–Crippen LogP) is 3.66. The molecule has 0 saturated heterocycles. The number of hydrogen-bond donors (Lipinski definition) is 0. The van der Waals surface area contributed by atoms with E-state index in [1.807, 2.05) is 0 Å². The molecule has 0 aromatic heterocycles. The molecule has 0 unspecified atom stereocenters. The number of benzene rings is 1. The van der Waals surface area contributed by atoms with Crippen molar-refractivity contribution in [2.24, 2.45) is 0 Å². The average molecular weight is 299 g/mol. The monoisotopic (exact) mass is 298 g/mol. The lowest BCUT2D eigenvalue weighted by Gasteiger charge is -2.32. The fourth-order valence-corrected chi connectivity index (χ4v) is 9.36. The van der Waals surface area contributed by atoms with E-state index in [9.17, 15) is 0 Å².